The predicted molar refractivity (Wildman–Crippen MR) is 201 cm³/mol. The number of hydrogen-bond donors (Lipinski definition) is 2. The zero-order valence-corrected chi connectivity index (χ0v) is 33.0. The monoisotopic (exact) mass is 706 g/mol. The molecule has 0 spiro atoms. The molecule has 2 N–H and O–H groups in total. The molecule has 0 amide bonds. The maximum atomic E-state index is 12.4. The van der Waals surface area contributed by atoms with Gasteiger partial charge < -0.3 is 10.4 Å². The number of sulfone groups is 1. The van der Waals surface area contributed by atoms with Crippen LogP contribution in [-0.2, 0) is 9.84 Å². The summed E-state index contributed by atoms with van der Waals surface area (Å²) in [4.78, 5) is 14.1. The Morgan fingerprint density at radius 1 is 0.900 bits per heavy atom. The van der Waals surface area contributed by atoms with Crippen LogP contribution in [0.25, 0.3) is 0 Å². The minimum absolute atomic E-state index is 0.121. The average molecular weight is 707 g/mol. The number of benzene rings is 1. The van der Waals surface area contributed by atoms with Crippen LogP contribution in [0.5, 0.6) is 0 Å². The highest BCUT2D eigenvalue weighted by atomic mass is 32.2. The van der Waals surface area contributed by atoms with Crippen LogP contribution in [0.2, 0.25) is 0 Å². The van der Waals surface area contributed by atoms with E-state index in [0.717, 1.165) is 49.7 Å². The third-order valence-electron chi connectivity index (χ3n) is 18.2. The van der Waals surface area contributed by atoms with Crippen LogP contribution in [-0.4, -0.2) is 66.6 Å². The molecule has 1 aromatic carbocycles. The molecule has 2 heterocycles. The van der Waals surface area contributed by atoms with Crippen LogP contribution in [0.15, 0.2) is 24.3 Å². The van der Waals surface area contributed by atoms with E-state index in [2.05, 4.69) is 70.8 Å². The second kappa shape index (κ2) is 11.8. The first-order chi connectivity index (χ1) is 23.5. The van der Waals surface area contributed by atoms with E-state index in [1.807, 2.05) is 12.1 Å². The fraction of sp³-hybridized carbons (Fsp3) is 0.837. The van der Waals surface area contributed by atoms with E-state index < -0.39 is 15.8 Å². The Balaban J connectivity index is 1.03. The molecule has 0 aromatic heterocycles. The molecule has 0 radical (unpaired) electrons. The molecule has 7 fully saturated rings. The van der Waals surface area contributed by atoms with Crippen molar-refractivity contribution in [1.82, 2.24) is 10.2 Å². The molecular formula is C43H66N2O4S. The summed E-state index contributed by atoms with van der Waals surface area (Å²) < 4.78 is 24.8. The molecule has 7 aliphatic rings. The number of fused-ring (bicyclic) bond motifs is 9. The highest BCUT2D eigenvalue weighted by Crippen LogP contribution is 2.77. The van der Waals surface area contributed by atoms with Crippen LogP contribution >= 0.6 is 0 Å². The van der Waals surface area contributed by atoms with E-state index in [0.29, 0.717) is 45.3 Å². The summed E-state index contributed by atoms with van der Waals surface area (Å²) in [7, 11) is -2.85. The van der Waals surface area contributed by atoms with Crippen molar-refractivity contribution < 1.29 is 18.3 Å². The molecule has 2 aliphatic heterocycles. The summed E-state index contributed by atoms with van der Waals surface area (Å²) >= 11 is 0. The number of carboxylic acids is 1. The Labute approximate surface area is 303 Å². The van der Waals surface area contributed by atoms with Gasteiger partial charge in [-0.15, -0.1) is 0 Å². The van der Waals surface area contributed by atoms with E-state index >= 15 is 0 Å². The number of rotatable bonds is 7. The second-order valence-corrected chi connectivity index (χ2v) is 22.7. The van der Waals surface area contributed by atoms with Gasteiger partial charge in [-0.25, -0.2) is 13.2 Å². The summed E-state index contributed by atoms with van der Waals surface area (Å²) in [5.74, 6) is 4.35. The maximum absolute atomic E-state index is 12.4. The van der Waals surface area contributed by atoms with Gasteiger partial charge >= 0.3 is 5.97 Å². The van der Waals surface area contributed by atoms with E-state index in [1.165, 1.54) is 69.8 Å². The Morgan fingerprint density at radius 2 is 1.64 bits per heavy atom. The van der Waals surface area contributed by atoms with Gasteiger partial charge in [0.15, 0.2) is 9.84 Å². The van der Waals surface area contributed by atoms with Gasteiger partial charge in [0.05, 0.1) is 16.6 Å². The Morgan fingerprint density at radius 3 is 2.28 bits per heavy atom. The molecule has 2 bridgehead atoms. The number of nitrogens with zero attached hydrogens (tertiary/aromatic N) is 1. The normalized spacial score (nSPS) is 47.4. The second-order valence-electron chi connectivity index (χ2n) is 20.4. The van der Waals surface area contributed by atoms with E-state index in [4.69, 9.17) is 0 Å². The molecule has 2 saturated heterocycles. The van der Waals surface area contributed by atoms with Crippen LogP contribution in [0.3, 0.4) is 0 Å². The topological polar surface area (TPSA) is 86.7 Å². The first-order valence-corrected chi connectivity index (χ1v) is 22.2. The summed E-state index contributed by atoms with van der Waals surface area (Å²) in [5, 5.41) is 13.7. The first kappa shape index (κ1) is 35.6. The van der Waals surface area contributed by atoms with Gasteiger partial charge in [-0.3, -0.25) is 4.90 Å². The summed E-state index contributed by atoms with van der Waals surface area (Å²) in [6.07, 6.45) is 13.9. The summed E-state index contributed by atoms with van der Waals surface area (Å²) in [6.45, 7) is 21.0. The smallest absolute Gasteiger partial charge is 0.335 e. The van der Waals surface area contributed by atoms with E-state index in [-0.39, 0.29) is 22.2 Å². The summed E-state index contributed by atoms with van der Waals surface area (Å²) in [6, 6.07) is 8.08. The van der Waals surface area contributed by atoms with E-state index in [9.17, 15) is 18.3 Å². The summed E-state index contributed by atoms with van der Waals surface area (Å²) in [5.41, 5.74) is 3.10. The number of carboxylic acid groups (broad SMARTS) is 1. The third kappa shape index (κ3) is 4.96. The van der Waals surface area contributed by atoms with Crippen molar-refractivity contribution in [2.75, 3.05) is 25.4 Å². The van der Waals surface area contributed by atoms with Crippen molar-refractivity contribution in [3.05, 3.63) is 35.4 Å². The van der Waals surface area contributed by atoms with Crippen molar-refractivity contribution in [3.63, 3.8) is 0 Å². The number of likely N-dealkylation sites (tertiary alicyclic amines) is 1. The molecule has 278 valence electrons. The lowest BCUT2D eigenvalue weighted by Crippen LogP contribution is -2.68. The molecule has 50 heavy (non-hydrogen) atoms. The fourth-order valence-corrected chi connectivity index (χ4v) is 17.7. The first-order valence-electron chi connectivity index (χ1n) is 20.5. The van der Waals surface area contributed by atoms with Gasteiger partial charge in [-0.2, -0.15) is 0 Å². The standard InChI is InChI=1S/C43H66N2O4S/c1-27(2)32-14-19-43(44-22-23-45-25-31-24-30(45)26-50(31,48)49)21-20-41(6)34(37(32)43)12-13-36-40(5)17-15-33(28-8-10-29(11-9-28)38(46)47)39(3,4)35(40)16-18-42(36,41)7/h8-11,27,30-37,44H,12-26H2,1-7H3,(H,46,47)/t30?,31-,32?,33-,34+,35-,36+,37+,40-,41+,42+,43-/m0/s1. The molecule has 5 aliphatic carbocycles. The van der Waals surface area contributed by atoms with Crippen LogP contribution in [0, 0.1) is 57.2 Å². The molecule has 7 heteroatoms. The highest BCUT2D eigenvalue weighted by molar-refractivity contribution is 7.92. The number of carbonyl (C=O) groups is 1. The molecule has 8 rings (SSSR count). The SMILES string of the molecule is CC(C)C1CC[C@]2(NCCN3C[C@@H]4CC3CS4(=O)=O)CC[C@]3(C)[C@H](CC[C@@H]4[C@@]5(C)CC[C@@H](c6ccc(C(=O)O)cc6)C(C)(C)[C@@H]5CC[C@]43C)[C@@H]12. The van der Waals surface area contributed by atoms with Crippen molar-refractivity contribution >= 4 is 15.8 Å². The zero-order valence-electron chi connectivity index (χ0n) is 32.1. The van der Waals surface area contributed by atoms with Crippen molar-refractivity contribution in [1.29, 1.82) is 0 Å². The molecule has 12 atom stereocenters. The van der Waals surface area contributed by atoms with Gasteiger partial charge in [0.1, 0.15) is 0 Å². The van der Waals surface area contributed by atoms with Crippen LogP contribution < -0.4 is 5.32 Å². The van der Waals surface area contributed by atoms with Crippen molar-refractivity contribution in [2.24, 2.45) is 57.2 Å². The van der Waals surface area contributed by atoms with Gasteiger partial charge in [0.25, 0.3) is 0 Å². The van der Waals surface area contributed by atoms with Crippen molar-refractivity contribution in [3.8, 4) is 0 Å². The number of nitrogens with one attached hydrogen (secondary N) is 1. The van der Waals surface area contributed by atoms with Gasteiger partial charge in [-0.1, -0.05) is 60.6 Å². The lowest BCUT2D eigenvalue weighted by molar-refractivity contribution is -0.235. The average Bonchev–Trinajstić information content (AvgIpc) is 3.72. The van der Waals surface area contributed by atoms with Gasteiger partial charge in [-0.05, 0) is 151 Å². The number of aromatic carboxylic acids is 1. The Hall–Kier alpha value is -1.44. The molecule has 1 aromatic rings. The Bertz CT molecular complexity index is 1610. The molecule has 5 saturated carbocycles. The predicted octanol–water partition coefficient (Wildman–Crippen LogP) is 8.42. The minimum Gasteiger partial charge on any atom is -0.478 e. The minimum atomic E-state index is -2.85. The maximum Gasteiger partial charge on any atom is 0.335 e. The van der Waals surface area contributed by atoms with Gasteiger partial charge in [0.2, 0.25) is 0 Å². The fourth-order valence-electron chi connectivity index (χ4n) is 15.7. The quantitative estimate of drug-likeness (QED) is 0.296. The van der Waals surface area contributed by atoms with Gasteiger partial charge in [0, 0.05) is 31.2 Å². The lowest BCUT2D eigenvalue weighted by Gasteiger charge is -2.73. The van der Waals surface area contributed by atoms with Crippen molar-refractivity contribution in [2.45, 2.75) is 142 Å². The third-order valence-corrected chi connectivity index (χ3v) is 20.4. The largest absolute Gasteiger partial charge is 0.478 e. The lowest BCUT2D eigenvalue weighted by atomic mass is 9.32. The molecular weight excluding hydrogens is 641 g/mol. The highest BCUT2D eigenvalue weighted by Gasteiger charge is 2.71. The van der Waals surface area contributed by atoms with Crippen LogP contribution in [0.4, 0.5) is 0 Å². The van der Waals surface area contributed by atoms with Crippen LogP contribution in [0.1, 0.15) is 141 Å². The van der Waals surface area contributed by atoms with E-state index in [1.54, 1.807) is 0 Å². The number of hydrogen-bond acceptors (Lipinski definition) is 5. The Kier molecular flexibility index (Phi) is 8.38. The molecule has 2 unspecified atom stereocenters. The molecule has 6 nitrogen and oxygen atoms in total. The zero-order chi connectivity index (χ0) is 35.6.